The molecule has 1 atom stereocenters. The molecule has 8 heteroatoms. The summed E-state index contributed by atoms with van der Waals surface area (Å²) in [6, 6.07) is 0.694. The molecular formula is C13H27N2O5Si+. The van der Waals surface area contributed by atoms with Crippen molar-refractivity contribution in [2.24, 2.45) is 7.05 Å². The molecule has 1 unspecified atom stereocenters. The zero-order valence-electron chi connectivity index (χ0n) is 13.3. The first-order valence-corrected chi connectivity index (χ1v) is 8.90. The number of hydrogen-bond donors (Lipinski definition) is 1. The molecule has 1 aromatic rings. The lowest BCUT2D eigenvalue weighted by molar-refractivity contribution is -0.671. The minimum Gasteiger partial charge on any atom is -0.387 e. The third-order valence-electron chi connectivity index (χ3n) is 3.26. The molecule has 0 spiro atoms. The second-order valence-corrected chi connectivity index (χ2v) is 7.99. The molecular weight excluding hydrogens is 292 g/mol. The van der Waals surface area contributed by atoms with Gasteiger partial charge in [0.1, 0.15) is 25.0 Å². The summed E-state index contributed by atoms with van der Waals surface area (Å²) in [5.41, 5.74) is 0. The van der Waals surface area contributed by atoms with Crippen molar-refractivity contribution in [1.82, 2.24) is 4.57 Å². The van der Waals surface area contributed by atoms with E-state index in [9.17, 15) is 5.11 Å². The Morgan fingerprint density at radius 1 is 1.24 bits per heavy atom. The Balaban J connectivity index is 2.16. The Morgan fingerprint density at radius 3 is 2.43 bits per heavy atom. The van der Waals surface area contributed by atoms with Gasteiger partial charge in [0.2, 0.25) is 6.33 Å². The largest absolute Gasteiger partial charge is 0.500 e. The number of ether oxygens (including phenoxy) is 1. The zero-order valence-corrected chi connectivity index (χ0v) is 14.3. The summed E-state index contributed by atoms with van der Waals surface area (Å²) >= 11 is 0. The number of hydrogen-bond acceptors (Lipinski definition) is 5. The van der Waals surface area contributed by atoms with Gasteiger partial charge >= 0.3 is 8.80 Å². The van der Waals surface area contributed by atoms with Crippen LogP contribution in [-0.4, -0.2) is 59.1 Å². The molecule has 122 valence electrons. The summed E-state index contributed by atoms with van der Waals surface area (Å²) in [5.74, 6) is 0. The summed E-state index contributed by atoms with van der Waals surface area (Å²) < 4.78 is 25.3. The average molecular weight is 319 g/mol. The van der Waals surface area contributed by atoms with Gasteiger partial charge in [-0.1, -0.05) is 0 Å². The number of aryl methyl sites for hydroxylation is 1. The molecule has 0 aliphatic heterocycles. The molecule has 1 N–H and O–H groups in total. The van der Waals surface area contributed by atoms with Gasteiger partial charge < -0.3 is 23.1 Å². The monoisotopic (exact) mass is 319 g/mol. The average Bonchev–Trinajstić information content (AvgIpc) is 2.88. The highest BCUT2D eigenvalue weighted by molar-refractivity contribution is 6.60. The van der Waals surface area contributed by atoms with Gasteiger partial charge in [0.15, 0.2) is 0 Å². The maximum absolute atomic E-state index is 9.89. The first-order chi connectivity index (χ1) is 10.0. The van der Waals surface area contributed by atoms with E-state index < -0.39 is 14.9 Å². The topological polar surface area (TPSA) is 66.0 Å². The van der Waals surface area contributed by atoms with Crippen molar-refractivity contribution in [3.8, 4) is 0 Å². The van der Waals surface area contributed by atoms with Crippen molar-refractivity contribution in [3.05, 3.63) is 18.7 Å². The molecule has 0 radical (unpaired) electrons. The second kappa shape index (κ2) is 9.29. The maximum atomic E-state index is 9.89. The van der Waals surface area contributed by atoms with Crippen molar-refractivity contribution in [2.45, 2.75) is 25.1 Å². The van der Waals surface area contributed by atoms with Gasteiger partial charge in [-0.15, -0.1) is 0 Å². The van der Waals surface area contributed by atoms with Crippen LogP contribution >= 0.6 is 0 Å². The SMILES string of the molecule is CO[Si](CCCOCC(O)Cn1cc[n+](C)c1)(OC)OC. The third kappa shape index (κ3) is 6.25. The molecule has 1 heterocycles. The van der Waals surface area contributed by atoms with Crippen LogP contribution in [0.4, 0.5) is 0 Å². The smallest absolute Gasteiger partial charge is 0.387 e. The van der Waals surface area contributed by atoms with Crippen molar-refractivity contribution < 1.29 is 27.7 Å². The van der Waals surface area contributed by atoms with Crippen molar-refractivity contribution >= 4 is 8.80 Å². The van der Waals surface area contributed by atoms with E-state index in [-0.39, 0.29) is 0 Å². The van der Waals surface area contributed by atoms with Gasteiger partial charge in [0.05, 0.1) is 13.7 Å². The van der Waals surface area contributed by atoms with Crippen LogP contribution < -0.4 is 4.57 Å². The summed E-state index contributed by atoms with van der Waals surface area (Å²) in [4.78, 5) is 0. The number of rotatable bonds is 11. The lowest BCUT2D eigenvalue weighted by Crippen LogP contribution is -2.42. The standard InChI is InChI=1S/C13H27N2O5Si/c1-14-6-7-15(12-14)10-13(16)11-20-8-5-9-21(17-2,18-3)19-4/h6-7,12-13,16H,5,8-11H2,1-4H3/q+1. The van der Waals surface area contributed by atoms with Crippen molar-refractivity contribution in [1.29, 1.82) is 0 Å². The highest BCUT2D eigenvalue weighted by Crippen LogP contribution is 2.14. The summed E-state index contributed by atoms with van der Waals surface area (Å²) in [5, 5.41) is 9.89. The minimum absolute atomic E-state index is 0.309. The Morgan fingerprint density at radius 2 is 1.90 bits per heavy atom. The Bertz CT molecular complexity index is 389. The van der Waals surface area contributed by atoms with E-state index in [2.05, 4.69) is 0 Å². The predicted octanol–water partition coefficient (Wildman–Crippen LogP) is -0.0417. The van der Waals surface area contributed by atoms with E-state index in [1.165, 1.54) is 0 Å². The summed E-state index contributed by atoms with van der Waals surface area (Å²) in [7, 11) is 4.23. The van der Waals surface area contributed by atoms with Crippen LogP contribution in [0.3, 0.4) is 0 Å². The van der Waals surface area contributed by atoms with Crippen LogP contribution in [0.25, 0.3) is 0 Å². The van der Waals surface area contributed by atoms with E-state index in [0.29, 0.717) is 25.8 Å². The highest BCUT2D eigenvalue weighted by Gasteiger charge is 2.36. The fourth-order valence-corrected chi connectivity index (χ4v) is 3.76. The van der Waals surface area contributed by atoms with Gasteiger partial charge in [0.25, 0.3) is 0 Å². The molecule has 0 aromatic carbocycles. The van der Waals surface area contributed by atoms with Crippen molar-refractivity contribution in [3.63, 3.8) is 0 Å². The van der Waals surface area contributed by atoms with Crippen LogP contribution in [0.1, 0.15) is 6.42 Å². The Kier molecular flexibility index (Phi) is 8.08. The molecule has 0 aliphatic rings. The predicted molar refractivity (Wildman–Crippen MR) is 78.6 cm³/mol. The zero-order chi connectivity index (χ0) is 15.7. The Hall–Kier alpha value is -0.773. The molecule has 1 rings (SSSR count). The van der Waals surface area contributed by atoms with Gasteiger partial charge in [0, 0.05) is 34.0 Å². The number of imidazole rings is 1. The molecule has 1 aromatic heterocycles. The number of aliphatic hydroxyl groups excluding tert-OH is 1. The van der Waals surface area contributed by atoms with Gasteiger partial charge in [-0.25, -0.2) is 9.13 Å². The quantitative estimate of drug-likeness (QED) is 0.352. The van der Waals surface area contributed by atoms with Crippen LogP contribution in [0.2, 0.25) is 6.04 Å². The first-order valence-electron chi connectivity index (χ1n) is 6.97. The second-order valence-electron chi connectivity index (χ2n) is 4.90. The highest BCUT2D eigenvalue weighted by atomic mass is 28.4. The van der Waals surface area contributed by atoms with Gasteiger partial charge in [-0.3, -0.25) is 0 Å². The normalized spacial score (nSPS) is 13.6. The number of nitrogens with zero attached hydrogens (tertiary/aromatic N) is 2. The molecule has 0 fully saturated rings. The molecule has 7 nitrogen and oxygen atoms in total. The van der Waals surface area contributed by atoms with Crippen molar-refractivity contribution in [2.75, 3.05) is 34.5 Å². The van der Waals surface area contributed by atoms with E-state index in [1.807, 2.05) is 34.9 Å². The molecule has 0 aliphatic carbocycles. The Labute approximate surface area is 127 Å². The van der Waals surface area contributed by atoms with Crippen LogP contribution in [0, 0.1) is 0 Å². The summed E-state index contributed by atoms with van der Waals surface area (Å²) in [6.45, 7) is 1.37. The molecule has 0 bridgehead atoms. The van der Waals surface area contributed by atoms with E-state index in [4.69, 9.17) is 18.0 Å². The van der Waals surface area contributed by atoms with Gasteiger partial charge in [-0.2, -0.15) is 0 Å². The minimum atomic E-state index is -2.50. The molecule has 0 saturated heterocycles. The molecule has 0 amide bonds. The first kappa shape index (κ1) is 18.3. The lowest BCUT2D eigenvalue weighted by atomic mass is 10.4. The fourth-order valence-electron chi connectivity index (χ4n) is 2.07. The van der Waals surface area contributed by atoms with E-state index in [0.717, 1.165) is 6.42 Å². The number of aromatic nitrogens is 2. The van der Waals surface area contributed by atoms with Crippen LogP contribution in [0.5, 0.6) is 0 Å². The molecule has 21 heavy (non-hydrogen) atoms. The molecule has 0 saturated carbocycles. The third-order valence-corrected chi connectivity index (χ3v) is 6.09. The van der Waals surface area contributed by atoms with Crippen LogP contribution in [0.15, 0.2) is 18.7 Å². The fraction of sp³-hybridized carbons (Fsp3) is 0.769. The summed E-state index contributed by atoms with van der Waals surface area (Å²) in [6.07, 6.45) is 6.01. The van der Waals surface area contributed by atoms with Crippen LogP contribution in [-0.2, 0) is 31.6 Å². The van der Waals surface area contributed by atoms with Gasteiger partial charge in [-0.05, 0) is 6.42 Å². The van der Waals surface area contributed by atoms with E-state index in [1.54, 1.807) is 21.3 Å². The number of aliphatic hydroxyl groups is 1. The maximum Gasteiger partial charge on any atom is 0.500 e. The van der Waals surface area contributed by atoms with E-state index >= 15 is 0 Å². The lowest BCUT2D eigenvalue weighted by Gasteiger charge is -2.24.